The van der Waals surface area contributed by atoms with E-state index in [1.807, 2.05) is 0 Å². The smallest absolute Gasteiger partial charge is 0.00122 e. The fourth-order valence-electron chi connectivity index (χ4n) is 2.14. The predicted molar refractivity (Wildman–Crippen MR) is 88.7 cm³/mol. The van der Waals surface area contributed by atoms with Gasteiger partial charge >= 0.3 is 0 Å². The highest BCUT2D eigenvalue weighted by Crippen LogP contribution is 2.19. The molecule has 2 aromatic rings. The lowest BCUT2D eigenvalue weighted by Gasteiger charge is -2.04. The Morgan fingerprint density at radius 3 is 2.00 bits per heavy atom. The molecule has 0 amide bonds. The molecule has 20 heavy (non-hydrogen) atoms. The minimum atomic E-state index is 1.06. The first kappa shape index (κ1) is 14.4. The highest BCUT2D eigenvalue weighted by Gasteiger charge is 1.99. The van der Waals surface area contributed by atoms with Crippen LogP contribution in [0.5, 0.6) is 0 Å². The van der Waals surface area contributed by atoms with Crippen molar-refractivity contribution >= 4 is 11.6 Å². The van der Waals surface area contributed by atoms with E-state index in [1.54, 1.807) is 0 Å². The zero-order valence-electron chi connectivity index (χ0n) is 12.6. The molecule has 0 saturated heterocycles. The van der Waals surface area contributed by atoms with Gasteiger partial charge in [-0.2, -0.15) is 0 Å². The molecule has 0 fully saturated rings. The van der Waals surface area contributed by atoms with Crippen LogP contribution < -0.4 is 0 Å². The van der Waals surface area contributed by atoms with Gasteiger partial charge in [-0.1, -0.05) is 73.0 Å². The maximum Gasteiger partial charge on any atom is 0.00122 e. The fourth-order valence-corrected chi connectivity index (χ4v) is 2.14. The zero-order chi connectivity index (χ0) is 14.4. The van der Waals surface area contributed by atoms with Gasteiger partial charge in [-0.05, 0) is 37.5 Å². The molecule has 0 spiro atoms. The maximum atomic E-state index is 3.48. The molecule has 0 N–H and O–H groups in total. The Morgan fingerprint density at radius 2 is 1.45 bits per heavy atom. The lowest BCUT2D eigenvalue weighted by molar-refractivity contribution is 0.974. The Morgan fingerprint density at radius 1 is 0.900 bits per heavy atom. The van der Waals surface area contributed by atoms with Gasteiger partial charge in [-0.3, -0.25) is 0 Å². The summed E-state index contributed by atoms with van der Waals surface area (Å²) in [6.07, 6.45) is 4.29. The quantitative estimate of drug-likeness (QED) is 0.611. The van der Waals surface area contributed by atoms with E-state index in [1.165, 1.54) is 27.8 Å². The van der Waals surface area contributed by atoms with E-state index >= 15 is 0 Å². The Hall–Kier alpha value is -2.04. The van der Waals surface area contributed by atoms with Crippen molar-refractivity contribution in [2.75, 3.05) is 0 Å². The lowest BCUT2D eigenvalue weighted by atomic mass is 10.0. The Kier molecular flexibility index (Phi) is 4.98. The second-order valence-electron chi connectivity index (χ2n) is 5.29. The summed E-state index contributed by atoms with van der Waals surface area (Å²) in [4.78, 5) is 0. The van der Waals surface area contributed by atoms with Gasteiger partial charge in [-0.15, -0.1) is 5.73 Å². The summed E-state index contributed by atoms with van der Waals surface area (Å²) < 4.78 is 0. The normalized spacial score (nSPS) is 9.95. The van der Waals surface area contributed by atoms with Crippen molar-refractivity contribution in [1.82, 2.24) is 0 Å². The van der Waals surface area contributed by atoms with Gasteiger partial charge in [0.05, 0.1) is 0 Å². The number of allylic oxidation sites excluding steroid dienone is 1. The van der Waals surface area contributed by atoms with Crippen molar-refractivity contribution in [3.8, 4) is 0 Å². The average molecular weight is 262 g/mol. The average Bonchev–Trinajstić information content (AvgIpc) is 2.46. The van der Waals surface area contributed by atoms with E-state index < -0.39 is 0 Å². The molecule has 2 aromatic carbocycles. The van der Waals surface area contributed by atoms with Crippen LogP contribution in [-0.4, -0.2) is 0 Å². The van der Waals surface area contributed by atoms with Crippen molar-refractivity contribution in [3.63, 3.8) is 0 Å². The van der Waals surface area contributed by atoms with Crippen LogP contribution in [0.25, 0.3) is 11.6 Å². The van der Waals surface area contributed by atoms with E-state index in [2.05, 4.69) is 81.1 Å². The van der Waals surface area contributed by atoms with Gasteiger partial charge in [0.1, 0.15) is 0 Å². The SMILES string of the molecule is CCCC(=C=Cc1ccc(C)cc1)c1ccc(C)cc1. The van der Waals surface area contributed by atoms with Crippen molar-refractivity contribution in [2.24, 2.45) is 0 Å². The van der Waals surface area contributed by atoms with E-state index in [-0.39, 0.29) is 0 Å². The molecular weight excluding hydrogens is 240 g/mol. The fraction of sp³-hybridized carbons (Fsp3) is 0.250. The van der Waals surface area contributed by atoms with Gasteiger partial charge in [0, 0.05) is 5.57 Å². The summed E-state index contributed by atoms with van der Waals surface area (Å²) in [6.45, 7) is 6.44. The third kappa shape index (κ3) is 3.98. The molecule has 0 saturated carbocycles. The molecule has 2 rings (SSSR count). The minimum Gasteiger partial charge on any atom is -0.116 e. The van der Waals surface area contributed by atoms with Crippen molar-refractivity contribution in [3.05, 3.63) is 76.5 Å². The van der Waals surface area contributed by atoms with Crippen LogP contribution in [0.3, 0.4) is 0 Å². The Bertz CT molecular complexity index is 606. The number of hydrogen-bond donors (Lipinski definition) is 0. The van der Waals surface area contributed by atoms with Crippen LogP contribution in [0.15, 0.2) is 54.3 Å². The molecule has 0 heterocycles. The van der Waals surface area contributed by atoms with Crippen LogP contribution in [-0.2, 0) is 0 Å². The van der Waals surface area contributed by atoms with E-state index in [9.17, 15) is 0 Å². The van der Waals surface area contributed by atoms with Crippen molar-refractivity contribution in [1.29, 1.82) is 0 Å². The first-order valence-corrected chi connectivity index (χ1v) is 7.28. The third-order valence-corrected chi connectivity index (χ3v) is 3.39. The summed E-state index contributed by atoms with van der Waals surface area (Å²) in [5, 5.41) is 0. The first-order valence-electron chi connectivity index (χ1n) is 7.28. The second-order valence-corrected chi connectivity index (χ2v) is 5.29. The molecule has 0 nitrogen and oxygen atoms in total. The predicted octanol–water partition coefficient (Wildman–Crippen LogP) is 5.80. The summed E-state index contributed by atoms with van der Waals surface area (Å²) in [7, 11) is 0. The van der Waals surface area contributed by atoms with Crippen LogP contribution in [0, 0.1) is 13.8 Å². The van der Waals surface area contributed by atoms with Gasteiger partial charge in [-0.25, -0.2) is 0 Å². The van der Waals surface area contributed by atoms with E-state index in [0.29, 0.717) is 0 Å². The molecular formula is C20H22. The third-order valence-electron chi connectivity index (χ3n) is 3.39. The summed E-state index contributed by atoms with van der Waals surface area (Å²) in [6, 6.07) is 17.3. The van der Waals surface area contributed by atoms with E-state index in [4.69, 9.17) is 0 Å². The monoisotopic (exact) mass is 262 g/mol. The van der Waals surface area contributed by atoms with Crippen LogP contribution in [0.1, 0.15) is 42.0 Å². The van der Waals surface area contributed by atoms with Crippen LogP contribution in [0.4, 0.5) is 0 Å². The molecule has 0 aromatic heterocycles. The Balaban J connectivity index is 2.34. The maximum absolute atomic E-state index is 3.48. The van der Waals surface area contributed by atoms with Gasteiger partial charge in [0.15, 0.2) is 0 Å². The van der Waals surface area contributed by atoms with Crippen molar-refractivity contribution in [2.45, 2.75) is 33.6 Å². The summed E-state index contributed by atoms with van der Waals surface area (Å²) >= 11 is 0. The molecule has 0 heteroatoms. The first-order chi connectivity index (χ1) is 9.69. The standard InChI is InChI=1S/C20H22/c1-4-5-19(20-13-8-17(3)9-14-20)15-12-18-10-6-16(2)7-11-18/h6-14H,4-5H2,1-3H3. The number of hydrogen-bond acceptors (Lipinski definition) is 0. The summed E-state index contributed by atoms with van der Waals surface area (Å²) in [5.74, 6) is 0. The zero-order valence-corrected chi connectivity index (χ0v) is 12.6. The molecule has 0 unspecified atom stereocenters. The van der Waals surface area contributed by atoms with Crippen LogP contribution >= 0.6 is 0 Å². The lowest BCUT2D eigenvalue weighted by Crippen LogP contribution is -1.83. The van der Waals surface area contributed by atoms with Gasteiger partial charge in [0.25, 0.3) is 0 Å². The second kappa shape index (κ2) is 6.93. The van der Waals surface area contributed by atoms with E-state index in [0.717, 1.165) is 12.8 Å². The molecule has 0 bridgehead atoms. The number of rotatable bonds is 4. The van der Waals surface area contributed by atoms with Crippen molar-refractivity contribution < 1.29 is 0 Å². The molecule has 0 radical (unpaired) electrons. The molecule has 102 valence electrons. The highest BCUT2D eigenvalue weighted by atomic mass is 14.0. The largest absolute Gasteiger partial charge is 0.116 e. The van der Waals surface area contributed by atoms with Gasteiger partial charge < -0.3 is 0 Å². The molecule has 0 aliphatic rings. The number of benzene rings is 2. The minimum absolute atomic E-state index is 1.06. The van der Waals surface area contributed by atoms with Crippen LogP contribution in [0.2, 0.25) is 0 Å². The molecule has 0 aliphatic heterocycles. The Labute approximate surface area is 122 Å². The van der Waals surface area contributed by atoms with Gasteiger partial charge in [0.2, 0.25) is 0 Å². The topological polar surface area (TPSA) is 0 Å². The highest BCUT2D eigenvalue weighted by molar-refractivity contribution is 5.69. The molecule has 0 aliphatic carbocycles. The summed E-state index contributed by atoms with van der Waals surface area (Å²) in [5.41, 5.74) is 9.84. The number of aryl methyl sites for hydroxylation is 2. The molecule has 0 atom stereocenters.